The standard InChI is InChI=1S/C25H26N2O3/c1-24(2,3)30-23(28)27-13-11-25(12-14-27)16-21(19-8-6-7-18(15-19)17-26)20-9-4-5-10-22(20)29-25/h4-10,15-16H,11-14H2,1-3H3. The molecule has 1 amide bonds. The number of carbonyl (C=O) groups excluding carboxylic acids is 1. The minimum absolute atomic E-state index is 0.278. The Bertz CT molecular complexity index is 1030. The fourth-order valence-electron chi connectivity index (χ4n) is 4.00. The predicted molar refractivity (Wildman–Crippen MR) is 115 cm³/mol. The molecular weight excluding hydrogens is 376 g/mol. The van der Waals surface area contributed by atoms with Gasteiger partial charge in [0, 0.05) is 31.5 Å². The van der Waals surface area contributed by atoms with Crippen LogP contribution in [0.5, 0.6) is 5.75 Å². The minimum atomic E-state index is -0.509. The summed E-state index contributed by atoms with van der Waals surface area (Å²) in [5.41, 5.74) is 2.73. The van der Waals surface area contributed by atoms with E-state index in [1.54, 1.807) is 4.90 Å². The number of carbonyl (C=O) groups is 1. The number of ether oxygens (including phenoxy) is 2. The number of amides is 1. The van der Waals surface area contributed by atoms with Crippen LogP contribution >= 0.6 is 0 Å². The Labute approximate surface area is 177 Å². The van der Waals surface area contributed by atoms with Crippen LogP contribution in [-0.2, 0) is 4.74 Å². The molecular formula is C25H26N2O3. The number of fused-ring (bicyclic) bond motifs is 1. The summed E-state index contributed by atoms with van der Waals surface area (Å²) in [6, 6.07) is 17.9. The molecule has 2 heterocycles. The number of nitriles is 1. The average molecular weight is 402 g/mol. The maximum absolute atomic E-state index is 12.5. The van der Waals surface area contributed by atoms with E-state index in [1.807, 2.05) is 69.3 Å². The third-order valence-electron chi connectivity index (χ3n) is 5.46. The number of hydrogen-bond acceptors (Lipinski definition) is 4. The van der Waals surface area contributed by atoms with E-state index in [9.17, 15) is 10.1 Å². The quantitative estimate of drug-likeness (QED) is 0.662. The summed E-state index contributed by atoms with van der Waals surface area (Å²) >= 11 is 0. The lowest BCUT2D eigenvalue weighted by Crippen LogP contribution is -2.50. The number of rotatable bonds is 1. The van der Waals surface area contributed by atoms with Crippen LogP contribution in [-0.4, -0.2) is 35.3 Å². The Morgan fingerprint density at radius 1 is 1.13 bits per heavy atom. The van der Waals surface area contributed by atoms with Gasteiger partial charge in [-0.3, -0.25) is 0 Å². The third-order valence-corrected chi connectivity index (χ3v) is 5.46. The van der Waals surface area contributed by atoms with Crippen molar-refractivity contribution in [2.75, 3.05) is 13.1 Å². The number of piperidine rings is 1. The Hall–Kier alpha value is -3.26. The molecule has 1 saturated heterocycles. The van der Waals surface area contributed by atoms with Crippen molar-refractivity contribution in [3.8, 4) is 11.8 Å². The SMILES string of the molecule is CC(C)(C)OC(=O)N1CCC2(C=C(c3cccc(C#N)c3)c3ccccc3O2)CC1. The summed E-state index contributed by atoms with van der Waals surface area (Å²) in [4.78, 5) is 14.2. The number of hydrogen-bond donors (Lipinski definition) is 0. The summed E-state index contributed by atoms with van der Waals surface area (Å²) in [7, 11) is 0. The van der Waals surface area contributed by atoms with Crippen LogP contribution in [0.25, 0.3) is 5.57 Å². The summed E-state index contributed by atoms with van der Waals surface area (Å²) < 4.78 is 12.0. The van der Waals surface area contributed by atoms with Gasteiger partial charge in [0.15, 0.2) is 0 Å². The van der Waals surface area contributed by atoms with E-state index in [0.717, 1.165) is 22.4 Å². The van der Waals surface area contributed by atoms with E-state index in [1.165, 1.54) is 0 Å². The summed E-state index contributed by atoms with van der Waals surface area (Å²) in [5.74, 6) is 0.836. The van der Waals surface area contributed by atoms with Crippen molar-refractivity contribution >= 4 is 11.7 Å². The van der Waals surface area contributed by atoms with E-state index in [2.05, 4.69) is 12.1 Å². The monoisotopic (exact) mass is 402 g/mol. The number of nitrogens with zero attached hydrogens (tertiary/aromatic N) is 2. The lowest BCUT2D eigenvalue weighted by molar-refractivity contribution is -0.00115. The van der Waals surface area contributed by atoms with Gasteiger partial charge in [-0.1, -0.05) is 30.3 Å². The van der Waals surface area contributed by atoms with Crippen molar-refractivity contribution in [3.63, 3.8) is 0 Å². The number of benzene rings is 2. The third kappa shape index (κ3) is 4.04. The van der Waals surface area contributed by atoms with Crippen LogP contribution in [0.1, 0.15) is 50.3 Å². The van der Waals surface area contributed by atoms with Gasteiger partial charge in [-0.25, -0.2) is 4.79 Å². The molecule has 1 fully saturated rings. The van der Waals surface area contributed by atoms with Crippen molar-refractivity contribution in [2.24, 2.45) is 0 Å². The molecule has 2 aliphatic rings. The molecule has 0 atom stereocenters. The first-order valence-corrected chi connectivity index (χ1v) is 10.3. The van der Waals surface area contributed by atoms with Crippen LogP contribution in [0, 0.1) is 11.3 Å². The van der Waals surface area contributed by atoms with Crippen LogP contribution < -0.4 is 4.74 Å². The first-order valence-electron chi connectivity index (χ1n) is 10.3. The highest BCUT2D eigenvalue weighted by Gasteiger charge is 2.40. The molecule has 0 aromatic heterocycles. The second-order valence-electron chi connectivity index (χ2n) is 8.88. The van der Waals surface area contributed by atoms with E-state index in [4.69, 9.17) is 9.47 Å². The van der Waals surface area contributed by atoms with Crippen molar-refractivity contribution in [3.05, 3.63) is 71.3 Å². The van der Waals surface area contributed by atoms with Crippen molar-refractivity contribution in [2.45, 2.75) is 44.8 Å². The van der Waals surface area contributed by atoms with Crippen LogP contribution in [0.15, 0.2) is 54.6 Å². The molecule has 154 valence electrons. The van der Waals surface area contributed by atoms with Crippen LogP contribution in [0.4, 0.5) is 4.79 Å². The maximum atomic E-state index is 12.5. The lowest BCUT2D eigenvalue weighted by atomic mass is 9.83. The van der Waals surface area contributed by atoms with Gasteiger partial charge in [-0.15, -0.1) is 0 Å². The second kappa shape index (κ2) is 7.53. The van der Waals surface area contributed by atoms with Crippen molar-refractivity contribution in [1.29, 1.82) is 5.26 Å². The molecule has 2 aliphatic heterocycles. The molecule has 0 aliphatic carbocycles. The van der Waals surface area contributed by atoms with Crippen LogP contribution in [0.2, 0.25) is 0 Å². The zero-order valence-corrected chi connectivity index (χ0v) is 17.6. The van der Waals surface area contributed by atoms with Crippen molar-refractivity contribution < 1.29 is 14.3 Å². The Morgan fingerprint density at radius 3 is 2.57 bits per heavy atom. The molecule has 0 bridgehead atoms. The van der Waals surface area contributed by atoms with Gasteiger partial charge in [0.25, 0.3) is 0 Å². The predicted octanol–water partition coefficient (Wildman–Crippen LogP) is 5.15. The molecule has 5 nitrogen and oxygen atoms in total. The summed E-state index contributed by atoms with van der Waals surface area (Å²) in [5, 5.41) is 9.32. The van der Waals surface area contributed by atoms with Gasteiger partial charge in [0.05, 0.1) is 11.6 Å². The molecule has 2 aromatic carbocycles. The number of likely N-dealkylation sites (tertiary alicyclic amines) is 1. The normalized spacial score (nSPS) is 17.4. The second-order valence-corrected chi connectivity index (χ2v) is 8.88. The Balaban J connectivity index is 1.64. The largest absolute Gasteiger partial charge is 0.482 e. The lowest BCUT2D eigenvalue weighted by Gasteiger charge is -2.43. The van der Waals surface area contributed by atoms with E-state index in [-0.39, 0.29) is 6.09 Å². The van der Waals surface area contributed by atoms with E-state index < -0.39 is 11.2 Å². The Kier molecular flexibility index (Phi) is 5.03. The minimum Gasteiger partial charge on any atom is -0.482 e. The fraction of sp³-hybridized carbons (Fsp3) is 0.360. The van der Waals surface area contributed by atoms with Crippen LogP contribution in [0.3, 0.4) is 0 Å². The fourth-order valence-corrected chi connectivity index (χ4v) is 4.00. The average Bonchev–Trinajstić information content (AvgIpc) is 2.72. The molecule has 0 saturated carbocycles. The first kappa shape index (κ1) is 20.0. The molecule has 0 radical (unpaired) electrons. The molecule has 1 spiro atoms. The van der Waals surface area contributed by atoms with E-state index in [0.29, 0.717) is 31.5 Å². The van der Waals surface area contributed by atoms with Gasteiger partial charge in [0.2, 0.25) is 0 Å². The number of para-hydroxylation sites is 1. The highest BCUT2D eigenvalue weighted by atomic mass is 16.6. The molecule has 2 aromatic rings. The molecule has 0 N–H and O–H groups in total. The molecule has 0 unspecified atom stereocenters. The molecule has 4 rings (SSSR count). The molecule has 5 heteroatoms. The zero-order valence-electron chi connectivity index (χ0n) is 17.6. The van der Waals surface area contributed by atoms with Crippen molar-refractivity contribution in [1.82, 2.24) is 4.90 Å². The Morgan fingerprint density at radius 2 is 1.87 bits per heavy atom. The maximum Gasteiger partial charge on any atom is 0.410 e. The van der Waals surface area contributed by atoms with Gasteiger partial charge in [0.1, 0.15) is 17.0 Å². The summed E-state index contributed by atoms with van der Waals surface area (Å²) in [6.07, 6.45) is 3.27. The van der Waals surface area contributed by atoms with E-state index >= 15 is 0 Å². The topological polar surface area (TPSA) is 62.6 Å². The first-order chi connectivity index (χ1) is 14.3. The highest BCUT2D eigenvalue weighted by molar-refractivity contribution is 5.85. The highest BCUT2D eigenvalue weighted by Crippen LogP contribution is 2.43. The van der Waals surface area contributed by atoms with Gasteiger partial charge in [-0.2, -0.15) is 5.26 Å². The van der Waals surface area contributed by atoms with Gasteiger partial charge >= 0.3 is 6.09 Å². The zero-order chi connectivity index (χ0) is 21.4. The molecule has 30 heavy (non-hydrogen) atoms. The van der Waals surface area contributed by atoms with Gasteiger partial charge < -0.3 is 14.4 Å². The smallest absolute Gasteiger partial charge is 0.410 e. The van der Waals surface area contributed by atoms with Gasteiger partial charge in [-0.05, 0) is 56.2 Å². The summed E-state index contributed by atoms with van der Waals surface area (Å²) in [6.45, 7) is 6.77.